The van der Waals surface area contributed by atoms with Crippen LogP contribution in [0, 0.1) is 0 Å². The zero-order chi connectivity index (χ0) is 33.1. The van der Waals surface area contributed by atoms with Gasteiger partial charge < -0.3 is 20.2 Å². The van der Waals surface area contributed by atoms with Gasteiger partial charge >= 0.3 is 17.9 Å². The zero-order valence-electron chi connectivity index (χ0n) is 23.9. The molecule has 0 unspecified atom stereocenters. The molecule has 1 aromatic heterocycles. The lowest BCUT2D eigenvalue weighted by Gasteiger charge is -2.21. The van der Waals surface area contributed by atoms with Gasteiger partial charge in [0.15, 0.2) is 0 Å². The number of hydrogen-bond donors (Lipinski definition) is 3. The van der Waals surface area contributed by atoms with E-state index in [0.29, 0.717) is 34.7 Å². The summed E-state index contributed by atoms with van der Waals surface area (Å²) >= 11 is 8.38. The molecule has 15 heteroatoms. The molecule has 3 heterocycles. The van der Waals surface area contributed by atoms with Crippen molar-refractivity contribution >= 4 is 97.0 Å². The first-order valence-electron chi connectivity index (χ1n) is 13.6. The van der Waals surface area contributed by atoms with Gasteiger partial charge in [-0.3, -0.25) is 33.4 Å². The standard InChI is InChI=1S/C31H25N3O8S4/c1-17(18-8-3-2-4-9-18)19(14-22-32(13-7-12-23(35)36)20-10-5-6-11-21(20)44-22)26-28(41)33(15-24(37)38)30(45-26)27-29(42)34(16-25(39)40)31(43)46-27/h2-6,8-11,14H,1,7,12-13,15-16H2,(H,35,36)(H,37,38)(H,39,40)/b22-14-,26-19-,30-27-. The summed E-state index contributed by atoms with van der Waals surface area (Å²) in [7, 11) is 0. The van der Waals surface area contributed by atoms with Gasteiger partial charge in [0, 0.05) is 23.4 Å². The van der Waals surface area contributed by atoms with E-state index < -0.39 is 42.5 Å². The van der Waals surface area contributed by atoms with Gasteiger partial charge in [-0.25, -0.2) is 0 Å². The van der Waals surface area contributed by atoms with Crippen LogP contribution in [0.2, 0.25) is 0 Å². The lowest BCUT2D eigenvalue weighted by molar-refractivity contribution is -0.140. The van der Waals surface area contributed by atoms with Crippen LogP contribution in [-0.4, -0.2) is 66.0 Å². The van der Waals surface area contributed by atoms with Crippen molar-refractivity contribution in [3.05, 3.63) is 97.4 Å². The first-order valence-corrected chi connectivity index (χ1v) is 16.5. The fourth-order valence-corrected chi connectivity index (χ4v) is 8.54. The average molecular weight is 696 g/mol. The fourth-order valence-electron chi connectivity index (χ4n) is 4.81. The minimum atomic E-state index is -1.32. The summed E-state index contributed by atoms with van der Waals surface area (Å²) in [6.45, 7) is 3.24. The summed E-state index contributed by atoms with van der Waals surface area (Å²) in [5.41, 5.74) is 1.73. The van der Waals surface area contributed by atoms with Gasteiger partial charge in [-0.1, -0.05) is 84.8 Å². The quantitative estimate of drug-likeness (QED) is 0.252. The van der Waals surface area contributed by atoms with Crippen LogP contribution >= 0.6 is 47.1 Å². The van der Waals surface area contributed by atoms with Crippen molar-refractivity contribution in [1.82, 2.24) is 9.47 Å². The maximum atomic E-state index is 14.1. The summed E-state index contributed by atoms with van der Waals surface area (Å²) in [6.07, 6.45) is 2.09. The van der Waals surface area contributed by atoms with Crippen molar-refractivity contribution in [3.8, 4) is 0 Å². The topological polar surface area (TPSA) is 157 Å². The molecule has 0 aliphatic carbocycles. The van der Waals surface area contributed by atoms with Crippen LogP contribution < -0.4 is 19.7 Å². The molecule has 46 heavy (non-hydrogen) atoms. The molecule has 1 fully saturated rings. The number of benzene rings is 2. The van der Waals surface area contributed by atoms with Crippen molar-refractivity contribution in [2.45, 2.75) is 24.3 Å². The van der Waals surface area contributed by atoms with Crippen molar-refractivity contribution in [2.24, 2.45) is 0 Å². The van der Waals surface area contributed by atoms with Gasteiger partial charge in [0.1, 0.15) is 31.5 Å². The molecule has 236 valence electrons. The van der Waals surface area contributed by atoms with Gasteiger partial charge in [-0.15, -0.1) is 11.3 Å². The third kappa shape index (κ3) is 6.87. The summed E-state index contributed by atoms with van der Waals surface area (Å²) in [6, 6.07) is 16.7. The molecule has 5 rings (SSSR count). The Bertz CT molecular complexity index is 2020. The smallest absolute Gasteiger partial charge is 0.323 e. The van der Waals surface area contributed by atoms with E-state index in [2.05, 4.69) is 6.58 Å². The molecule has 0 spiro atoms. The lowest BCUT2D eigenvalue weighted by Crippen LogP contribution is -2.37. The number of carboxylic acid groups (broad SMARTS) is 3. The molecule has 0 bridgehead atoms. The van der Waals surface area contributed by atoms with E-state index in [4.69, 9.17) is 12.2 Å². The van der Waals surface area contributed by atoms with Gasteiger partial charge in [-0.05, 0) is 35.8 Å². The molecule has 2 aliphatic heterocycles. The Labute approximate surface area is 279 Å². The normalized spacial score (nSPS) is 17.0. The van der Waals surface area contributed by atoms with Crippen molar-refractivity contribution in [1.29, 1.82) is 0 Å². The number of thiazole rings is 1. The predicted molar refractivity (Wildman–Crippen MR) is 182 cm³/mol. The van der Waals surface area contributed by atoms with Crippen LogP contribution in [0.25, 0.3) is 16.1 Å². The molecule has 2 aliphatic rings. The molecule has 0 saturated carbocycles. The number of carbonyl (C=O) groups excluding carboxylic acids is 1. The third-order valence-corrected chi connectivity index (χ3v) is 10.8. The molecule has 2 aromatic carbocycles. The number of carbonyl (C=O) groups is 4. The average Bonchev–Trinajstić information content (AvgIpc) is 3.62. The molecule has 3 aromatic rings. The van der Waals surface area contributed by atoms with E-state index in [-0.39, 0.29) is 24.8 Å². The van der Waals surface area contributed by atoms with Crippen LogP contribution in [0.15, 0.2) is 82.0 Å². The fraction of sp³-hybridized carbons (Fsp3) is 0.161. The Kier molecular flexibility index (Phi) is 9.96. The van der Waals surface area contributed by atoms with E-state index in [1.54, 1.807) is 6.08 Å². The number of hydrogen-bond acceptors (Lipinski definition) is 10. The predicted octanol–water partition coefficient (Wildman–Crippen LogP) is 3.23. The molecule has 11 nitrogen and oxygen atoms in total. The van der Waals surface area contributed by atoms with Crippen molar-refractivity contribution in [2.75, 3.05) is 18.0 Å². The first kappa shape index (κ1) is 32.9. The van der Waals surface area contributed by atoms with Crippen LogP contribution in [-0.2, 0) is 25.7 Å². The van der Waals surface area contributed by atoms with Crippen LogP contribution in [0.1, 0.15) is 18.4 Å². The highest BCUT2D eigenvalue weighted by Crippen LogP contribution is 2.47. The molecule has 1 amide bonds. The molecular weight excluding hydrogens is 671 g/mol. The lowest BCUT2D eigenvalue weighted by atomic mass is 9.99. The molecule has 3 N–H and O–H groups in total. The van der Waals surface area contributed by atoms with E-state index >= 15 is 0 Å². The number of amides is 1. The van der Waals surface area contributed by atoms with E-state index in [1.807, 2.05) is 59.5 Å². The Balaban J connectivity index is 1.78. The van der Waals surface area contributed by atoms with Crippen molar-refractivity contribution in [3.63, 3.8) is 0 Å². The highest BCUT2D eigenvalue weighted by Gasteiger charge is 2.36. The number of anilines is 1. The van der Waals surface area contributed by atoms with Gasteiger partial charge in [0.25, 0.3) is 11.5 Å². The Morgan fingerprint density at radius 3 is 2.22 bits per heavy atom. The Morgan fingerprint density at radius 2 is 1.54 bits per heavy atom. The first-order chi connectivity index (χ1) is 22.0. The van der Waals surface area contributed by atoms with E-state index in [0.717, 1.165) is 43.1 Å². The second kappa shape index (κ2) is 13.9. The number of fused-ring (bicyclic) bond motifs is 1. The highest BCUT2D eigenvalue weighted by molar-refractivity contribution is 8.30. The number of thioether (sulfide) groups is 2. The number of nitrogens with zero attached hydrogens (tertiary/aromatic N) is 3. The number of carboxylic acids is 3. The van der Waals surface area contributed by atoms with E-state index in [9.17, 15) is 39.3 Å². The third-order valence-electron chi connectivity index (χ3n) is 6.88. The number of para-hydroxylation sites is 1. The minimum absolute atomic E-state index is 0.0242. The SMILES string of the molecule is C=C(C(/C=C1\Sc2ccccc2N1CCCC(=O)O)=c1\s/c(=C2\SC(=S)N(CC(=O)O)C2=O)n(CC(=O)O)c1=O)c1ccccc1. The summed E-state index contributed by atoms with van der Waals surface area (Å²) in [5, 5.41) is 28.9. The van der Waals surface area contributed by atoms with Crippen LogP contribution in [0.5, 0.6) is 0 Å². The number of thiocarbonyl (C=S) groups is 1. The maximum Gasteiger partial charge on any atom is 0.323 e. The highest BCUT2D eigenvalue weighted by atomic mass is 32.2. The van der Waals surface area contributed by atoms with Gasteiger partial charge in [0.2, 0.25) is 0 Å². The van der Waals surface area contributed by atoms with Crippen LogP contribution in [0.4, 0.5) is 5.69 Å². The van der Waals surface area contributed by atoms with Gasteiger partial charge in [-0.2, -0.15) is 0 Å². The maximum absolute atomic E-state index is 14.1. The monoisotopic (exact) mass is 695 g/mol. The summed E-state index contributed by atoms with van der Waals surface area (Å²) in [4.78, 5) is 65.7. The minimum Gasteiger partial charge on any atom is -0.481 e. The summed E-state index contributed by atoms with van der Waals surface area (Å²) in [5.74, 6) is -4.25. The van der Waals surface area contributed by atoms with Gasteiger partial charge in [0.05, 0.1) is 10.7 Å². The number of allylic oxidation sites excluding steroid dienone is 2. The number of rotatable bonds is 11. The number of aromatic nitrogens is 1. The molecule has 0 atom stereocenters. The van der Waals surface area contributed by atoms with Crippen LogP contribution in [0.3, 0.4) is 0 Å². The van der Waals surface area contributed by atoms with Crippen molar-refractivity contribution < 1.29 is 34.5 Å². The van der Waals surface area contributed by atoms with E-state index in [1.165, 1.54) is 11.8 Å². The summed E-state index contributed by atoms with van der Waals surface area (Å²) < 4.78 is 1.10. The second-order valence-corrected chi connectivity index (χ2v) is 13.7. The number of aliphatic carboxylic acids is 3. The molecule has 0 radical (unpaired) electrons. The second-order valence-electron chi connectivity index (χ2n) is 9.96. The molecule has 1 saturated heterocycles. The largest absolute Gasteiger partial charge is 0.481 e. The Hall–Kier alpha value is -4.44. The zero-order valence-corrected chi connectivity index (χ0v) is 27.1. The Morgan fingerprint density at radius 1 is 0.870 bits per heavy atom. The molecular formula is C31H25N3O8S4.